The van der Waals surface area contributed by atoms with Crippen molar-refractivity contribution < 1.29 is 28.6 Å². The Bertz CT molecular complexity index is 1350. The highest BCUT2D eigenvalue weighted by Gasteiger charge is 2.19. The van der Waals surface area contributed by atoms with E-state index in [1.165, 1.54) is 128 Å². The van der Waals surface area contributed by atoms with Gasteiger partial charge in [0.15, 0.2) is 6.10 Å². The highest BCUT2D eigenvalue weighted by molar-refractivity contribution is 5.71. The molecule has 70 heavy (non-hydrogen) atoms. The van der Waals surface area contributed by atoms with Crippen LogP contribution in [0.3, 0.4) is 0 Å². The summed E-state index contributed by atoms with van der Waals surface area (Å²) >= 11 is 0. The molecule has 0 bridgehead atoms. The molecule has 0 rings (SSSR count). The van der Waals surface area contributed by atoms with E-state index in [1.54, 1.807) is 0 Å². The molecule has 0 spiro atoms. The van der Waals surface area contributed by atoms with Gasteiger partial charge in [-0.05, 0) is 96.3 Å². The smallest absolute Gasteiger partial charge is 0.306 e. The van der Waals surface area contributed by atoms with Gasteiger partial charge in [-0.2, -0.15) is 0 Å². The van der Waals surface area contributed by atoms with Crippen LogP contribution in [0.4, 0.5) is 0 Å². The zero-order valence-corrected chi connectivity index (χ0v) is 46.0. The molecule has 0 aromatic rings. The number of allylic oxidation sites excluding steroid dienone is 14. The van der Waals surface area contributed by atoms with Gasteiger partial charge in [0.25, 0.3) is 0 Å². The first-order valence-electron chi connectivity index (χ1n) is 29.6. The van der Waals surface area contributed by atoms with Crippen molar-refractivity contribution in [2.45, 2.75) is 290 Å². The SMILES string of the molecule is CC/C=C\C/C=C\C/C=C\C/C=C\C/C=C\C/C=C\CCCCCCCCC(=O)OCC(COC(=O)CCCCCCC/C=C\CCCCC)OC(=O)CCCCCCCCCCCCCCCCC. The molecule has 0 radical (unpaired) electrons. The second-order valence-corrected chi connectivity index (χ2v) is 19.5. The lowest BCUT2D eigenvalue weighted by molar-refractivity contribution is -0.167. The van der Waals surface area contributed by atoms with E-state index < -0.39 is 6.10 Å². The number of hydrogen-bond donors (Lipinski definition) is 0. The monoisotopic (exact) mass is 975 g/mol. The van der Waals surface area contributed by atoms with E-state index in [-0.39, 0.29) is 31.1 Å². The second-order valence-electron chi connectivity index (χ2n) is 19.5. The quantitative estimate of drug-likeness (QED) is 0.0261. The number of carbonyl (C=O) groups is 3. The maximum atomic E-state index is 12.8. The Balaban J connectivity index is 4.34. The van der Waals surface area contributed by atoms with Gasteiger partial charge < -0.3 is 14.2 Å². The van der Waals surface area contributed by atoms with Gasteiger partial charge in [0.2, 0.25) is 0 Å². The molecular formula is C64H110O6. The molecule has 0 amide bonds. The first kappa shape index (κ1) is 66.6. The normalized spacial score (nSPS) is 12.7. The fourth-order valence-electron chi connectivity index (χ4n) is 8.21. The van der Waals surface area contributed by atoms with Gasteiger partial charge in [-0.15, -0.1) is 0 Å². The molecule has 1 unspecified atom stereocenters. The van der Waals surface area contributed by atoms with E-state index in [0.717, 1.165) is 116 Å². The first-order valence-corrected chi connectivity index (χ1v) is 29.6. The number of hydrogen-bond acceptors (Lipinski definition) is 6. The van der Waals surface area contributed by atoms with E-state index in [1.807, 2.05) is 0 Å². The second kappa shape index (κ2) is 58.2. The Morgan fingerprint density at radius 2 is 0.557 bits per heavy atom. The fraction of sp³-hybridized carbons (Fsp3) is 0.734. The minimum atomic E-state index is -0.784. The standard InChI is InChI=1S/C64H110O6/c1-4-7-10-13-16-19-22-25-27-28-29-30-31-32-33-34-35-36-38-39-42-45-48-51-54-57-63(66)69-60-61(59-68-62(65)56-53-50-47-44-41-24-21-18-15-12-9-6-3)70-64(67)58-55-52-49-46-43-40-37-26-23-20-17-14-11-8-5-2/h7,10,16,18-19,21,25,27,29-30,32-33,35-36,61H,4-6,8-9,11-15,17,20,22-24,26,28,31,34,37-60H2,1-3H3/b10-7-,19-16-,21-18-,27-25-,30-29-,33-32-,36-35-. The van der Waals surface area contributed by atoms with E-state index >= 15 is 0 Å². The molecule has 0 saturated heterocycles. The Labute approximate surface area is 433 Å². The molecule has 1 atom stereocenters. The lowest BCUT2D eigenvalue weighted by atomic mass is 10.0. The average Bonchev–Trinajstić information content (AvgIpc) is 3.36. The van der Waals surface area contributed by atoms with Gasteiger partial charge in [0, 0.05) is 19.3 Å². The van der Waals surface area contributed by atoms with Crippen LogP contribution in [0.5, 0.6) is 0 Å². The molecule has 0 N–H and O–H groups in total. The zero-order valence-electron chi connectivity index (χ0n) is 46.0. The van der Waals surface area contributed by atoms with Gasteiger partial charge in [0.05, 0.1) is 0 Å². The van der Waals surface area contributed by atoms with Crippen molar-refractivity contribution >= 4 is 17.9 Å². The number of rotatable bonds is 53. The highest BCUT2D eigenvalue weighted by Crippen LogP contribution is 2.16. The fourth-order valence-corrected chi connectivity index (χ4v) is 8.21. The number of ether oxygens (including phenoxy) is 3. The first-order chi connectivity index (χ1) is 34.5. The van der Waals surface area contributed by atoms with Crippen molar-refractivity contribution in [3.05, 3.63) is 85.1 Å². The third-order valence-electron chi connectivity index (χ3n) is 12.6. The van der Waals surface area contributed by atoms with E-state index in [4.69, 9.17) is 14.2 Å². The van der Waals surface area contributed by atoms with Crippen LogP contribution in [-0.4, -0.2) is 37.2 Å². The minimum Gasteiger partial charge on any atom is -0.462 e. The summed E-state index contributed by atoms with van der Waals surface area (Å²) < 4.78 is 16.9. The maximum absolute atomic E-state index is 12.8. The lowest BCUT2D eigenvalue weighted by Gasteiger charge is -2.18. The van der Waals surface area contributed by atoms with Crippen LogP contribution in [0, 0.1) is 0 Å². The third kappa shape index (κ3) is 55.5. The predicted molar refractivity (Wildman–Crippen MR) is 302 cm³/mol. The number of unbranched alkanes of at least 4 members (excludes halogenated alkanes) is 28. The molecule has 0 aliphatic rings. The summed E-state index contributed by atoms with van der Waals surface area (Å²) in [4.78, 5) is 38.1. The van der Waals surface area contributed by atoms with Crippen LogP contribution < -0.4 is 0 Å². The summed E-state index contributed by atoms with van der Waals surface area (Å²) in [6, 6.07) is 0. The Morgan fingerprint density at radius 1 is 0.300 bits per heavy atom. The summed E-state index contributed by atoms with van der Waals surface area (Å²) in [7, 11) is 0. The van der Waals surface area contributed by atoms with Crippen LogP contribution in [0.15, 0.2) is 85.1 Å². The third-order valence-corrected chi connectivity index (χ3v) is 12.6. The molecular weight excluding hydrogens is 865 g/mol. The topological polar surface area (TPSA) is 78.9 Å². The Kier molecular flexibility index (Phi) is 55.3. The largest absolute Gasteiger partial charge is 0.462 e. The molecule has 0 aliphatic carbocycles. The lowest BCUT2D eigenvalue weighted by Crippen LogP contribution is -2.30. The Hall–Kier alpha value is -3.41. The van der Waals surface area contributed by atoms with Crippen molar-refractivity contribution in [1.82, 2.24) is 0 Å². The van der Waals surface area contributed by atoms with Crippen molar-refractivity contribution in [3.8, 4) is 0 Å². The molecule has 0 aliphatic heterocycles. The molecule has 0 heterocycles. The van der Waals surface area contributed by atoms with Crippen LogP contribution in [-0.2, 0) is 28.6 Å². The molecule has 0 aromatic heterocycles. The van der Waals surface area contributed by atoms with Gasteiger partial charge >= 0.3 is 17.9 Å². The number of esters is 3. The zero-order chi connectivity index (χ0) is 50.7. The van der Waals surface area contributed by atoms with E-state index in [9.17, 15) is 14.4 Å². The van der Waals surface area contributed by atoms with Crippen LogP contribution in [0.25, 0.3) is 0 Å². The Morgan fingerprint density at radius 3 is 0.914 bits per heavy atom. The molecule has 402 valence electrons. The van der Waals surface area contributed by atoms with Gasteiger partial charge in [0.1, 0.15) is 13.2 Å². The molecule has 0 aromatic carbocycles. The van der Waals surface area contributed by atoms with Gasteiger partial charge in [-0.3, -0.25) is 14.4 Å². The van der Waals surface area contributed by atoms with Crippen molar-refractivity contribution in [1.29, 1.82) is 0 Å². The van der Waals surface area contributed by atoms with Crippen molar-refractivity contribution in [3.63, 3.8) is 0 Å². The van der Waals surface area contributed by atoms with Crippen molar-refractivity contribution in [2.24, 2.45) is 0 Å². The average molecular weight is 976 g/mol. The van der Waals surface area contributed by atoms with E-state index in [0.29, 0.717) is 19.3 Å². The molecule has 6 nitrogen and oxygen atoms in total. The van der Waals surface area contributed by atoms with E-state index in [2.05, 4.69) is 106 Å². The number of carbonyl (C=O) groups excluding carboxylic acids is 3. The summed E-state index contributed by atoms with van der Waals surface area (Å²) in [5.74, 6) is -0.898. The summed E-state index contributed by atoms with van der Waals surface area (Å²) in [5.41, 5.74) is 0. The highest BCUT2D eigenvalue weighted by atomic mass is 16.6. The van der Waals surface area contributed by atoms with Crippen molar-refractivity contribution in [2.75, 3.05) is 13.2 Å². The molecule has 6 heteroatoms. The molecule has 0 saturated carbocycles. The summed E-state index contributed by atoms with van der Waals surface area (Å²) in [6.45, 7) is 6.50. The maximum Gasteiger partial charge on any atom is 0.306 e. The minimum absolute atomic E-state index is 0.0835. The predicted octanol–water partition coefficient (Wildman–Crippen LogP) is 19.9. The van der Waals surface area contributed by atoms with Gasteiger partial charge in [-0.25, -0.2) is 0 Å². The van der Waals surface area contributed by atoms with Crippen LogP contribution in [0.1, 0.15) is 284 Å². The van der Waals surface area contributed by atoms with Crippen LogP contribution in [0.2, 0.25) is 0 Å². The van der Waals surface area contributed by atoms with Crippen LogP contribution >= 0.6 is 0 Å². The van der Waals surface area contributed by atoms with Gasteiger partial charge in [-0.1, -0.05) is 254 Å². The summed E-state index contributed by atoms with van der Waals surface area (Å²) in [5, 5.41) is 0. The molecule has 0 fully saturated rings. The summed E-state index contributed by atoms with van der Waals surface area (Å²) in [6.07, 6.45) is 75.7.